The second-order valence-electron chi connectivity index (χ2n) is 8.65. The summed E-state index contributed by atoms with van der Waals surface area (Å²) in [6.07, 6.45) is 3.74. The molecule has 0 saturated carbocycles. The zero-order chi connectivity index (χ0) is 27.5. The van der Waals surface area contributed by atoms with E-state index in [0.717, 1.165) is 16.5 Å². The first kappa shape index (κ1) is 29.6. The minimum atomic E-state index is -1.27. The van der Waals surface area contributed by atoms with Crippen LogP contribution in [0.3, 0.4) is 0 Å². The number of nitrogens with two attached hydrogens (primary N) is 2. The van der Waals surface area contributed by atoms with Crippen LogP contribution in [0.1, 0.15) is 31.7 Å². The summed E-state index contributed by atoms with van der Waals surface area (Å²) >= 11 is 1.54. The van der Waals surface area contributed by atoms with Crippen LogP contribution in [0.4, 0.5) is 0 Å². The van der Waals surface area contributed by atoms with Gasteiger partial charge >= 0.3 is 5.97 Å². The highest BCUT2D eigenvalue weighted by Crippen LogP contribution is 2.19. The molecule has 0 aliphatic heterocycles. The SMILES string of the molecule is CSCCC(N)C(=O)NC(Cc1c[nH]c2ccccc12)C(=O)NC(CCC(N)=O)C(=O)NC(C)C(=O)O. The fourth-order valence-electron chi connectivity index (χ4n) is 3.59. The molecule has 0 fully saturated rings. The molecule has 1 heterocycles. The maximum Gasteiger partial charge on any atom is 0.325 e. The zero-order valence-corrected chi connectivity index (χ0v) is 21.6. The number of para-hydroxylation sites is 1. The standard InChI is InChI=1S/C24H34N6O6S/c1-13(24(35)36)28-22(33)18(7-8-20(26)31)29-23(34)19(30-21(32)16(25)9-10-37-2)11-14-12-27-17-6-4-3-5-15(14)17/h3-6,12-13,16,18-19,27H,7-11,25H2,1-2H3,(H2,26,31)(H,28,33)(H,29,34)(H,30,32)(H,35,36). The summed E-state index contributed by atoms with van der Waals surface area (Å²) in [7, 11) is 0. The Morgan fingerprint density at radius 1 is 1.00 bits per heavy atom. The van der Waals surface area contributed by atoms with E-state index in [0.29, 0.717) is 12.2 Å². The minimum absolute atomic E-state index is 0.0898. The zero-order valence-electron chi connectivity index (χ0n) is 20.8. The number of carbonyl (C=O) groups excluding carboxylic acids is 4. The number of nitrogens with one attached hydrogen (secondary N) is 4. The second-order valence-corrected chi connectivity index (χ2v) is 9.63. The molecule has 4 amide bonds. The van der Waals surface area contributed by atoms with E-state index >= 15 is 0 Å². The number of aliphatic carboxylic acids is 1. The van der Waals surface area contributed by atoms with Crippen LogP contribution < -0.4 is 27.4 Å². The van der Waals surface area contributed by atoms with E-state index in [9.17, 15) is 24.0 Å². The Kier molecular flexibility index (Phi) is 11.4. The molecule has 1 aromatic carbocycles. The highest BCUT2D eigenvalue weighted by molar-refractivity contribution is 7.98. The van der Waals surface area contributed by atoms with Crippen molar-refractivity contribution >= 4 is 52.3 Å². The van der Waals surface area contributed by atoms with Gasteiger partial charge < -0.3 is 37.5 Å². The van der Waals surface area contributed by atoms with E-state index in [1.54, 1.807) is 6.20 Å². The van der Waals surface area contributed by atoms with Gasteiger partial charge in [-0.15, -0.1) is 0 Å². The number of thioether (sulfide) groups is 1. The molecule has 4 unspecified atom stereocenters. The second kappa shape index (κ2) is 14.2. The lowest BCUT2D eigenvalue weighted by atomic mass is 10.0. The van der Waals surface area contributed by atoms with Crippen molar-refractivity contribution in [3.05, 3.63) is 36.0 Å². The van der Waals surface area contributed by atoms with E-state index in [-0.39, 0.29) is 19.3 Å². The van der Waals surface area contributed by atoms with E-state index < -0.39 is 53.8 Å². The number of carboxylic acids is 1. The molecule has 9 N–H and O–H groups in total. The number of H-pyrrole nitrogens is 1. The average molecular weight is 535 g/mol. The predicted molar refractivity (Wildman–Crippen MR) is 141 cm³/mol. The molecule has 4 atom stereocenters. The van der Waals surface area contributed by atoms with E-state index in [1.165, 1.54) is 18.7 Å². The van der Waals surface area contributed by atoms with Gasteiger partial charge in [0.1, 0.15) is 18.1 Å². The smallest absolute Gasteiger partial charge is 0.325 e. The van der Waals surface area contributed by atoms with Gasteiger partial charge in [0.2, 0.25) is 23.6 Å². The van der Waals surface area contributed by atoms with Crippen molar-refractivity contribution in [3.63, 3.8) is 0 Å². The number of hydrogen-bond acceptors (Lipinski definition) is 7. The molecule has 0 radical (unpaired) electrons. The Labute approximate surface area is 218 Å². The fraction of sp³-hybridized carbons (Fsp3) is 0.458. The normalized spacial score (nSPS) is 14.2. The Hall–Kier alpha value is -3.58. The summed E-state index contributed by atoms with van der Waals surface area (Å²) in [6.45, 7) is 1.27. The van der Waals surface area contributed by atoms with Gasteiger partial charge in [0, 0.05) is 29.9 Å². The van der Waals surface area contributed by atoms with Gasteiger partial charge in [0.25, 0.3) is 0 Å². The van der Waals surface area contributed by atoms with Crippen molar-refractivity contribution in [2.75, 3.05) is 12.0 Å². The van der Waals surface area contributed by atoms with Gasteiger partial charge in [-0.2, -0.15) is 11.8 Å². The minimum Gasteiger partial charge on any atom is -0.480 e. The lowest BCUT2D eigenvalue weighted by Gasteiger charge is -2.24. The highest BCUT2D eigenvalue weighted by atomic mass is 32.2. The molecule has 13 heteroatoms. The number of rotatable bonds is 15. The fourth-order valence-corrected chi connectivity index (χ4v) is 4.08. The summed E-state index contributed by atoms with van der Waals surface area (Å²) in [4.78, 5) is 64.5. The number of primary amides is 1. The summed E-state index contributed by atoms with van der Waals surface area (Å²) in [5.74, 6) is -3.31. The van der Waals surface area contributed by atoms with Gasteiger partial charge in [-0.1, -0.05) is 18.2 Å². The van der Waals surface area contributed by atoms with E-state index in [4.69, 9.17) is 16.6 Å². The van der Waals surface area contributed by atoms with Crippen LogP contribution in [0.15, 0.2) is 30.5 Å². The molecular formula is C24H34N6O6S. The van der Waals surface area contributed by atoms with E-state index in [1.807, 2.05) is 30.5 Å². The lowest BCUT2D eigenvalue weighted by Crippen LogP contribution is -2.57. The van der Waals surface area contributed by atoms with Gasteiger partial charge in [-0.25, -0.2) is 0 Å². The quantitative estimate of drug-likeness (QED) is 0.160. The molecule has 2 rings (SSSR count). The van der Waals surface area contributed by atoms with Crippen molar-refractivity contribution in [1.82, 2.24) is 20.9 Å². The number of aromatic nitrogens is 1. The molecule has 0 saturated heterocycles. The molecule has 0 spiro atoms. The lowest BCUT2D eigenvalue weighted by molar-refractivity contribution is -0.142. The Morgan fingerprint density at radius 2 is 1.65 bits per heavy atom. The third-order valence-corrected chi connectivity index (χ3v) is 6.39. The first-order valence-electron chi connectivity index (χ1n) is 11.7. The predicted octanol–water partition coefficient (Wildman–Crippen LogP) is -0.385. The molecule has 2 aromatic rings. The van der Waals surface area contributed by atoms with Gasteiger partial charge in [-0.3, -0.25) is 24.0 Å². The van der Waals surface area contributed by atoms with Crippen LogP contribution in [0.5, 0.6) is 0 Å². The Morgan fingerprint density at radius 3 is 2.30 bits per heavy atom. The number of amides is 4. The average Bonchev–Trinajstić information content (AvgIpc) is 3.26. The summed E-state index contributed by atoms with van der Waals surface area (Å²) in [6, 6.07) is 3.03. The monoisotopic (exact) mass is 534 g/mol. The molecule has 1 aromatic heterocycles. The van der Waals surface area contributed by atoms with Crippen LogP contribution in [-0.2, 0) is 30.4 Å². The third kappa shape index (κ3) is 9.10. The molecule has 0 aliphatic carbocycles. The number of carbonyl (C=O) groups is 5. The topological polar surface area (TPSA) is 209 Å². The van der Waals surface area contributed by atoms with Gasteiger partial charge in [-0.05, 0) is 43.4 Å². The maximum atomic E-state index is 13.4. The van der Waals surface area contributed by atoms with E-state index in [2.05, 4.69) is 20.9 Å². The molecular weight excluding hydrogens is 500 g/mol. The van der Waals surface area contributed by atoms with Crippen LogP contribution in [0.25, 0.3) is 10.9 Å². The van der Waals surface area contributed by atoms with Crippen LogP contribution >= 0.6 is 11.8 Å². The molecule has 0 bridgehead atoms. The van der Waals surface area contributed by atoms with Crippen molar-refractivity contribution in [3.8, 4) is 0 Å². The third-order valence-electron chi connectivity index (χ3n) is 5.74. The number of aromatic amines is 1. The number of hydrogen-bond donors (Lipinski definition) is 7. The maximum absolute atomic E-state index is 13.4. The summed E-state index contributed by atoms with van der Waals surface area (Å²) in [5.41, 5.74) is 12.8. The Balaban J connectivity index is 2.28. The van der Waals surface area contributed by atoms with Crippen LogP contribution in [0, 0.1) is 0 Å². The largest absolute Gasteiger partial charge is 0.480 e. The Bertz CT molecular complexity index is 1120. The highest BCUT2D eigenvalue weighted by Gasteiger charge is 2.30. The van der Waals surface area contributed by atoms with Crippen molar-refractivity contribution in [1.29, 1.82) is 0 Å². The number of benzene rings is 1. The molecule has 12 nitrogen and oxygen atoms in total. The van der Waals surface area contributed by atoms with Crippen LogP contribution in [-0.4, -0.2) is 75.9 Å². The molecule has 0 aliphatic rings. The number of carboxylic acid groups (broad SMARTS) is 1. The van der Waals surface area contributed by atoms with Gasteiger partial charge in [0.05, 0.1) is 6.04 Å². The van der Waals surface area contributed by atoms with Crippen molar-refractivity contribution < 1.29 is 29.1 Å². The molecule has 37 heavy (non-hydrogen) atoms. The first-order chi connectivity index (χ1) is 17.5. The summed E-state index contributed by atoms with van der Waals surface area (Å²) < 4.78 is 0. The van der Waals surface area contributed by atoms with Crippen molar-refractivity contribution in [2.24, 2.45) is 11.5 Å². The van der Waals surface area contributed by atoms with Crippen LogP contribution in [0.2, 0.25) is 0 Å². The van der Waals surface area contributed by atoms with Crippen molar-refractivity contribution in [2.45, 2.75) is 56.8 Å². The first-order valence-corrected chi connectivity index (χ1v) is 13.1. The van der Waals surface area contributed by atoms with Gasteiger partial charge in [0.15, 0.2) is 0 Å². The molecule has 202 valence electrons. The number of fused-ring (bicyclic) bond motifs is 1. The summed E-state index contributed by atoms with van der Waals surface area (Å²) in [5, 5.41) is 17.5.